The molecule has 0 aliphatic rings. The third-order valence-electron chi connectivity index (χ3n) is 3.28. The van der Waals surface area contributed by atoms with Gasteiger partial charge in [-0.05, 0) is 69.8 Å². The first-order chi connectivity index (χ1) is 13.8. The summed E-state index contributed by atoms with van der Waals surface area (Å²) in [6, 6.07) is 4.48. The molecule has 0 amide bonds. The van der Waals surface area contributed by atoms with Gasteiger partial charge in [0.25, 0.3) is 0 Å². The Morgan fingerprint density at radius 2 is 0.424 bits per heavy atom. The van der Waals surface area contributed by atoms with Crippen LogP contribution in [0, 0.1) is 0 Å². The van der Waals surface area contributed by atoms with Crippen molar-refractivity contribution in [1.29, 1.82) is 0 Å². The van der Waals surface area contributed by atoms with Gasteiger partial charge in [0, 0.05) is 0 Å². The molecule has 0 N–H and O–H groups in total. The minimum Gasteiger partial charge on any atom is -0.545 e. The summed E-state index contributed by atoms with van der Waals surface area (Å²) in [5.74, 6) is -10.1. The van der Waals surface area contributed by atoms with E-state index in [1.54, 1.807) is 0 Å². The quantitative estimate of drug-likeness (QED) is 0.285. The number of benzene rings is 2. The van der Waals surface area contributed by atoms with Crippen LogP contribution in [0.2, 0.25) is 0 Å². The number of carbonyl (C=O) groups excluding carboxylic acids is 6. The average Bonchev–Trinajstić information content (AvgIpc) is 2.67. The van der Waals surface area contributed by atoms with Crippen LogP contribution in [-0.4, -0.2) is 35.8 Å². The maximum atomic E-state index is 10.4. The van der Waals surface area contributed by atoms with Crippen LogP contribution in [0.25, 0.3) is 0 Å². The first-order valence-corrected chi connectivity index (χ1v) is 7.41. The van der Waals surface area contributed by atoms with Crippen molar-refractivity contribution in [2.24, 2.45) is 0 Å². The van der Waals surface area contributed by atoms with Gasteiger partial charge in [0.2, 0.25) is 0 Å². The number of hydrogen-bond donors (Lipinski definition) is 0. The molecule has 0 radical (unpaired) electrons. The largest absolute Gasteiger partial charge is 2.00 e. The molecule has 0 unspecified atom stereocenters. The predicted molar refractivity (Wildman–Crippen MR) is 78.9 cm³/mol. The molecule has 12 nitrogen and oxygen atoms in total. The number of carboxylic acid groups (broad SMARTS) is 6. The van der Waals surface area contributed by atoms with Crippen LogP contribution in [0.1, 0.15) is 62.1 Å². The third kappa shape index (κ3) is 10.3. The molecule has 0 bridgehead atoms. The van der Waals surface area contributed by atoms with Crippen molar-refractivity contribution in [3.8, 4) is 0 Å². The van der Waals surface area contributed by atoms with E-state index >= 15 is 0 Å². The van der Waals surface area contributed by atoms with Crippen LogP contribution in [0.4, 0.5) is 0 Å². The van der Waals surface area contributed by atoms with Gasteiger partial charge >= 0.3 is 49.5 Å². The van der Waals surface area contributed by atoms with Gasteiger partial charge in [-0.1, -0.05) is 0 Å². The van der Waals surface area contributed by atoms with Gasteiger partial charge in [0.05, 0.1) is 35.8 Å². The molecule has 0 aliphatic carbocycles. The molecule has 180 valence electrons. The smallest absolute Gasteiger partial charge is 0.545 e. The van der Waals surface area contributed by atoms with E-state index in [-0.39, 0.29) is 49.5 Å². The predicted octanol–water partition coefficient (Wildman–Crippen LogP) is -6.45. The third-order valence-corrected chi connectivity index (χ3v) is 3.28. The molecule has 2 rings (SSSR count). The van der Waals surface area contributed by atoms with Gasteiger partial charge in [-0.2, -0.15) is 0 Å². The minimum absolute atomic E-state index is 0. The fourth-order valence-electron chi connectivity index (χ4n) is 1.96. The Morgan fingerprint density at radius 1 is 0.333 bits per heavy atom. The monoisotopic (exact) mass is 588 g/mol. The molecular weight excluding hydrogens is 584 g/mol. The zero-order chi connectivity index (χ0) is 23.2. The number of carboxylic acids is 6. The van der Waals surface area contributed by atoms with E-state index in [1.165, 1.54) is 0 Å². The van der Waals surface area contributed by atoms with Gasteiger partial charge in [-0.25, -0.2) is 0 Å². The second-order valence-corrected chi connectivity index (χ2v) is 5.32. The van der Waals surface area contributed by atoms with Crippen molar-refractivity contribution in [3.05, 3.63) is 69.8 Å². The van der Waals surface area contributed by atoms with Crippen molar-refractivity contribution < 1.29 is 109 Å². The Kier molecular flexibility index (Phi) is 15.3. The Bertz CT molecular complexity index is 838. The molecule has 33 heavy (non-hydrogen) atoms. The second-order valence-electron chi connectivity index (χ2n) is 5.32. The summed E-state index contributed by atoms with van der Waals surface area (Å²) in [4.78, 5) is 62.5. The zero-order valence-electron chi connectivity index (χ0n) is 15.3. The number of carbonyl (C=O) groups is 6. The molecule has 0 spiro atoms. The average molecular weight is 590 g/mol. The molecule has 0 saturated carbocycles. The Labute approximate surface area is 214 Å². The van der Waals surface area contributed by atoms with Crippen molar-refractivity contribution in [3.63, 3.8) is 0 Å². The minimum atomic E-state index is -1.68. The SMILES string of the molecule is O=C([O-])c1cc(C(=O)[O-])cc(C(=O)[O-])c1.O=C([O-])c1cc(C(=O)[O-])cc(C(=O)[O-])c1.[Ni+2].[Ni+2].[Ni+2]. The van der Waals surface area contributed by atoms with Crippen LogP contribution in [0.15, 0.2) is 36.4 Å². The van der Waals surface area contributed by atoms with Crippen molar-refractivity contribution in [1.82, 2.24) is 0 Å². The van der Waals surface area contributed by atoms with Gasteiger partial charge in [-0.3, -0.25) is 0 Å². The Morgan fingerprint density at radius 3 is 0.485 bits per heavy atom. The van der Waals surface area contributed by atoms with Gasteiger partial charge in [0.15, 0.2) is 0 Å². The number of aromatic carboxylic acids is 6. The first kappa shape index (κ1) is 34.4. The fourth-order valence-corrected chi connectivity index (χ4v) is 1.96. The number of rotatable bonds is 6. The molecule has 0 fully saturated rings. The molecule has 15 heteroatoms. The summed E-state index contributed by atoms with van der Waals surface area (Å²) < 4.78 is 0. The summed E-state index contributed by atoms with van der Waals surface area (Å²) in [5, 5.41) is 62.5. The Hall–Kier alpha value is -3.26. The van der Waals surface area contributed by atoms with Crippen molar-refractivity contribution in [2.45, 2.75) is 0 Å². The molecule has 2 aromatic rings. The molecule has 0 saturated heterocycles. The van der Waals surface area contributed by atoms with Crippen LogP contribution < -0.4 is 30.6 Å². The molecule has 0 aromatic heterocycles. The van der Waals surface area contributed by atoms with Gasteiger partial charge < -0.3 is 59.4 Å². The van der Waals surface area contributed by atoms with E-state index in [2.05, 4.69) is 0 Å². The topological polar surface area (TPSA) is 241 Å². The molecular formula is C18H6Ni3O12. The van der Waals surface area contributed by atoms with E-state index in [9.17, 15) is 59.4 Å². The van der Waals surface area contributed by atoms with Crippen molar-refractivity contribution >= 4 is 35.8 Å². The Balaban J connectivity index is -0.000000500. The maximum Gasteiger partial charge on any atom is 2.00 e. The van der Waals surface area contributed by atoms with E-state index in [0.29, 0.717) is 0 Å². The van der Waals surface area contributed by atoms with Gasteiger partial charge in [-0.15, -0.1) is 0 Å². The summed E-state index contributed by atoms with van der Waals surface area (Å²) in [7, 11) is 0. The molecule has 0 atom stereocenters. The zero-order valence-corrected chi connectivity index (χ0v) is 18.3. The molecule has 2 aromatic carbocycles. The van der Waals surface area contributed by atoms with E-state index in [0.717, 1.165) is 36.4 Å². The van der Waals surface area contributed by atoms with E-state index in [4.69, 9.17) is 0 Å². The van der Waals surface area contributed by atoms with Crippen LogP contribution in [0.3, 0.4) is 0 Å². The number of hydrogen-bond acceptors (Lipinski definition) is 12. The molecule has 0 heterocycles. The van der Waals surface area contributed by atoms with E-state index in [1.807, 2.05) is 0 Å². The summed E-state index contributed by atoms with van der Waals surface area (Å²) in [6.45, 7) is 0. The van der Waals surface area contributed by atoms with Crippen LogP contribution in [-0.2, 0) is 49.5 Å². The maximum absolute atomic E-state index is 10.4. The normalized spacial score (nSPS) is 8.73. The van der Waals surface area contributed by atoms with Crippen LogP contribution >= 0.6 is 0 Å². The summed E-state index contributed by atoms with van der Waals surface area (Å²) in [6.07, 6.45) is 0. The van der Waals surface area contributed by atoms with Crippen molar-refractivity contribution in [2.75, 3.05) is 0 Å². The summed E-state index contributed by atoms with van der Waals surface area (Å²) in [5.41, 5.74) is -3.36. The first-order valence-electron chi connectivity index (χ1n) is 7.41. The van der Waals surface area contributed by atoms with Gasteiger partial charge in [0.1, 0.15) is 0 Å². The van der Waals surface area contributed by atoms with E-state index < -0.39 is 69.2 Å². The molecule has 0 aliphatic heterocycles. The fraction of sp³-hybridized carbons (Fsp3) is 0. The summed E-state index contributed by atoms with van der Waals surface area (Å²) >= 11 is 0. The second kappa shape index (κ2) is 14.7. The van der Waals surface area contributed by atoms with Crippen LogP contribution in [0.5, 0.6) is 0 Å². The standard InChI is InChI=1S/2C9H6O6.3Ni/c2*10-7(11)4-1-5(8(12)13)3-6(2-4)9(14)15;;;/h2*1-3H,(H,10,11)(H,12,13)(H,14,15);;;/q;;3*+2/p-6.